The molecule has 0 saturated carbocycles. The lowest BCUT2D eigenvalue weighted by Crippen LogP contribution is -2.16. The first-order valence-electron chi connectivity index (χ1n) is 15.6. The molecule has 0 radical (unpaired) electrons. The summed E-state index contributed by atoms with van der Waals surface area (Å²) in [4.78, 5) is 2.44. The van der Waals surface area contributed by atoms with Gasteiger partial charge in [0.1, 0.15) is 11.2 Å². The molecule has 8 aromatic rings. The average Bonchev–Trinajstić information content (AvgIpc) is 3.59. The summed E-state index contributed by atoms with van der Waals surface area (Å²) in [7, 11) is 0. The molecule has 0 N–H and O–H groups in total. The predicted octanol–water partition coefficient (Wildman–Crippen LogP) is 12.2. The van der Waals surface area contributed by atoms with E-state index >= 15 is 0 Å². The molecule has 0 unspecified atom stereocenters. The minimum Gasteiger partial charge on any atom is -0.455 e. The molecular formula is C43H31NO. The third-order valence-electron chi connectivity index (χ3n) is 9.65. The third kappa shape index (κ3) is 3.82. The number of hydrogen-bond acceptors (Lipinski definition) is 2. The highest BCUT2D eigenvalue weighted by atomic mass is 16.3. The van der Waals surface area contributed by atoms with Crippen LogP contribution in [0, 0.1) is 0 Å². The Balaban J connectivity index is 1.36. The second kappa shape index (κ2) is 9.70. The van der Waals surface area contributed by atoms with E-state index in [1.165, 1.54) is 38.7 Å². The molecule has 0 fully saturated rings. The summed E-state index contributed by atoms with van der Waals surface area (Å²) < 4.78 is 6.77. The van der Waals surface area contributed by atoms with Crippen LogP contribution in [-0.2, 0) is 5.41 Å². The smallest absolute Gasteiger partial charge is 0.145 e. The molecule has 214 valence electrons. The number of nitrogens with zero attached hydrogens (tertiary/aromatic N) is 1. The highest BCUT2D eigenvalue weighted by Crippen LogP contribution is 2.55. The average molecular weight is 578 g/mol. The lowest BCUT2D eigenvalue weighted by atomic mass is 9.82. The number of anilines is 3. The van der Waals surface area contributed by atoms with Gasteiger partial charge in [0.15, 0.2) is 0 Å². The first-order valence-corrected chi connectivity index (χ1v) is 15.6. The molecule has 0 atom stereocenters. The lowest BCUT2D eigenvalue weighted by molar-refractivity contribution is 0.660. The van der Waals surface area contributed by atoms with Gasteiger partial charge in [0.2, 0.25) is 0 Å². The van der Waals surface area contributed by atoms with E-state index in [9.17, 15) is 0 Å². The lowest BCUT2D eigenvalue weighted by Gasteiger charge is -2.29. The number of hydrogen-bond donors (Lipinski definition) is 0. The van der Waals surface area contributed by atoms with E-state index in [-0.39, 0.29) is 5.41 Å². The van der Waals surface area contributed by atoms with Gasteiger partial charge in [0.05, 0.1) is 16.8 Å². The zero-order valence-corrected chi connectivity index (χ0v) is 25.3. The minimum absolute atomic E-state index is 0.0953. The fraction of sp³-hybridized carbons (Fsp3) is 0.0698. The molecule has 0 bridgehead atoms. The Morgan fingerprint density at radius 2 is 1.27 bits per heavy atom. The zero-order valence-electron chi connectivity index (χ0n) is 25.3. The van der Waals surface area contributed by atoms with Crippen LogP contribution in [0.4, 0.5) is 17.1 Å². The van der Waals surface area contributed by atoms with Crippen molar-refractivity contribution in [3.63, 3.8) is 0 Å². The van der Waals surface area contributed by atoms with Crippen LogP contribution >= 0.6 is 0 Å². The first-order chi connectivity index (χ1) is 22.1. The van der Waals surface area contributed by atoms with Crippen LogP contribution in [0.1, 0.15) is 25.0 Å². The van der Waals surface area contributed by atoms with Crippen LogP contribution in [0.15, 0.2) is 156 Å². The fourth-order valence-electron chi connectivity index (χ4n) is 7.49. The summed E-state index contributed by atoms with van der Waals surface area (Å²) in [5.74, 6) is 0. The van der Waals surface area contributed by atoms with Gasteiger partial charge in [-0.3, -0.25) is 0 Å². The van der Waals surface area contributed by atoms with Crippen molar-refractivity contribution in [2.24, 2.45) is 0 Å². The monoisotopic (exact) mass is 577 g/mol. The molecule has 0 spiro atoms. The maximum absolute atomic E-state index is 6.77. The maximum Gasteiger partial charge on any atom is 0.145 e. The van der Waals surface area contributed by atoms with E-state index in [2.05, 4.69) is 170 Å². The highest BCUT2D eigenvalue weighted by molar-refractivity contribution is 6.17. The molecule has 1 aliphatic carbocycles. The van der Waals surface area contributed by atoms with Crippen molar-refractivity contribution in [2.45, 2.75) is 19.3 Å². The van der Waals surface area contributed by atoms with E-state index in [1.54, 1.807) is 0 Å². The van der Waals surface area contributed by atoms with E-state index in [4.69, 9.17) is 4.42 Å². The number of benzene rings is 7. The topological polar surface area (TPSA) is 16.4 Å². The number of furan rings is 1. The van der Waals surface area contributed by atoms with Crippen LogP contribution in [-0.4, -0.2) is 0 Å². The Labute approximate surface area is 262 Å². The molecule has 0 saturated heterocycles. The van der Waals surface area contributed by atoms with Crippen molar-refractivity contribution >= 4 is 49.8 Å². The summed E-state index contributed by atoms with van der Waals surface area (Å²) in [6.07, 6.45) is 0. The van der Waals surface area contributed by atoms with E-state index < -0.39 is 0 Å². The molecule has 1 aromatic heterocycles. The molecule has 0 amide bonds. The second-order valence-electron chi connectivity index (χ2n) is 12.5. The van der Waals surface area contributed by atoms with E-state index in [0.717, 1.165) is 44.4 Å². The summed E-state index contributed by atoms with van der Waals surface area (Å²) in [5, 5.41) is 4.67. The minimum atomic E-state index is -0.0953. The van der Waals surface area contributed by atoms with Crippen LogP contribution in [0.5, 0.6) is 0 Å². The van der Waals surface area contributed by atoms with Crippen molar-refractivity contribution in [2.75, 3.05) is 4.90 Å². The number of rotatable bonds is 4. The van der Waals surface area contributed by atoms with E-state index in [0.29, 0.717) is 0 Å². The van der Waals surface area contributed by atoms with Crippen LogP contribution in [0.3, 0.4) is 0 Å². The van der Waals surface area contributed by atoms with Crippen molar-refractivity contribution in [3.05, 3.63) is 163 Å². The van der Waals surface area contributed by atoms with Gasteiger partial charge in [-0.1, -0.05) is 123 Å². The predicted molar refractivity (Wildman–Crippen MR) is 189 cm³/mol. The SMILES string of the molecule is CC1(C)c2ccccc2-c2c(N(c3ccccc3)c3ccc(-c4ccc5ccccc5c4)c4oc5ccccc5c34)cccc21. The van der Waals surface area contributed by atoms with Gasteiger partial charge >= 0.3 is 0 Å². The van der Waals surface area contributed by atoms with Crippen molar-refractivity contribution in [1.82, 2.24) is 0 Å². The van der Waals surface area contributed by atoms with Gasteiger partial charge in [0, 0.05) is 27.6 Å². The molecule has 7 aromatic carbocycles. The van der Waals surface area contributed by atoms with Gasteiger partial charge in [-0.2, -0.15) is 0 Å². The molecule has 1 heterocycles. The van der Waals surface area contributed by atoms with Crippen molar-refractivity contribution in [1.29, 1.82) is 0 Å². The summed E-state index contributed by atoms with van der Waals surface area (Å²) in [6.45, 7) is 4.68. The molecule has 1 aliphatic rings. The third-order valence-corrected chi connectivity index (χ3v) is 9.65. The van der Waals surface area contributed by atoms with Gasteiger partial charge in [-0.05, 0) is 75.5 Å². The second-order valence-corrected chi connectivity index (χ2v) is 12.5. The normalized spacial score (nSPS) is 13.3. The Morgan fingerprint density at radius 3 is 2.16 bits per heavy atom. The van der Waals surface area contributed by atoms with Gasteiger partial charge in [0.25, 0.3) is 0 Å². The first kappa shape index (κ1) is 25.9. The molecular weight excluding hydrogens is 546 g/mol. The summed E-state index contributed by atoms with van der Waals surface area (Å²) >= 11 is 0. The Morgan fingerprint density at radius 1 is 0.533 bits per heavy atom. The maximum atomic E-state index is 6.77. The Bertz CT molecular complexity index is 2410. The summed E-state index contributed by atoms with van der Waals surface area (Å²) in [6, 6.07) is 54.6. The number of fused-ring (bicyclic) bond motifs is 7. The largest absolute Gasteiger partial charge is 0.455 e. The molecule has 2 heteroatoms. The number of para-hydroxylation sites is 2. The fourth-order valence-corrected chi connectivity index (χ4v) is 7.49. The van der Waals surface area contributed by atoms with Crippen LogP contribution < -0.4 is 4.90 Å². The molecule has 45 heavy (non-hydrogen) atoms. The van der Waals surface area contributed by atoms with Crippen molar-refractivity contribution < 1.29 is 4.42 Å². The Kier molecular flexibility index (Phi) is 5.58. The molecule has 2 nitrogen and oxygen atoms in total. The standard InChI is InChI=1S/C43H31NO/c1-43(2)35-19-10-8-17-33(35)40-36(43)20-12-21-37(40)44(31-15-4-3-5-16-31)38-26-25-32(30-24-23-28-13-6-7-14-29(28)27-30)42-41(38)34-18-9-11-22-39(34)45-42/h3-27H,1-2H3. The van der Waals surface area contributed by atoms with Crippen LogP contribution in [0.25, 0.3) is 55.0 Å². The molecule has 0 aliphatic heterocycles. The quantitative estimate of drug-likeness (QED) is 0.207. The van der Waals surface area contributed by atoms with Gasteiger partial charge in [-0.15, -0.1) is 0 Å². The summed E-state index contributed by atoms with van der Waals surface area (Å²) in [5.41, 5.74) is 12.6. The van der Waals surface area contributed by atoms with Gasteiger partial charge < -0.3 is 9.32 Å². The zero-order chi connectivity index (χ0) is 30.1. The van der Waals surface area contributed by atoms with Gasteiger partial charge in [-0.25, -0.2) is 0 Å². The highest BCUT2D eigenvalue weighted by Gasteiger charge is 2.38. The van der Waals surface area contributed by atoms with Crippen LogP contribution in [0.2, 0.25) is 0 Å². The van der Waals surface area contributed by atoms with Crippen molar-refractivity contribution in [3.8, 4) is 22.3 Å². The van der Waals surface area contributed by atoms with E-state index in [1.807, 2.05) is 0 Å². The Hall–Kier alpha value is -5.60. The molecule has 9 rings (SSSR count).